The number of carbonyl (C=O) groups is 1. The van der Waals surface area contributed by atoms with Gasteiger partial charge in [0.25, 0.3) is 0 Å². The summed E-state index contributed by atoms with van der Waals surface area (Å²) >= 11 is 0. The zero-order valence-corrected chi connectivity index (χ0v) is 13.5. The smallest absolute Gasteiger partial charge is 0.231 e. The van der Waals surface area contributed by atoms with Crippen molar-refractivity contribution in [3.63, 3.8) is 0 Å². The van der Waals surface area contributed by atoms with Gasteiger partial charge in [0.1, 0.15) is 0 Å². The lowest BCUT2D eigenvalue weighted by Crippen LogP contribution is -2.17. The molecule has 0 spiro atoms. The summed E-state index contributed by atoms with van der Waals surface area (Å²) in [4.78, 5) is 16.3. The standard InChI is InChI=1S/C18H22N4O/c1-13-7-8-15(19-12-13)11-18(23)20-17-10-9-16(21-22-17)14-5-3-2-4-6-14/h7-10,12,14H,2-6,11H2,1H3,(H,20,22,23). The summed E-state index contributed by atoms with van der Waals surface area (Å²) < 4.78 is 0. The molecular weight excluding hydrogens is 288 g/mol. The average Bonchev–Trinajstić information content (AvgIpc) is 2.58. The molecule has 2 aromatic rings. The highest BCUT2D eigenvalue weighted by molar-refractivity contribution is 5.91. The highest BCUT2D eigenvalue weighted by atomic mass is 16.1. The maximum atomic E-state index is 12.0. The Kier molecular flexibility index (Phi) is 4.95. The van der Waals surface area contributed by atoms with E-state index in [4.69, 9.17) is 0 Å². The molecule has 2 aromatic heterocycles. The van der Waals surface area contributed by atoms with Crippen LogP contribution in [-0.4, -0.2) is 21.1 Å². The molecule has 1 aliphatic rings. The van der Waals surface area contributed by atoms with Gasteiger partial charge in [0, 0.05) is 17.8 Å². The second kappa shape index (κ2) is 7.31. The number of amides is 1. The zero-order chi connectivity index (χ0) is 16.1. The van der Waals surface area contributed by atoms with Crippen LogP contribution in [0.4, 0.5) is 5.82 Å². The third-order valence-corrected chi connectivity index (χ3v) is 4.29. The summed E-state index contributed by atoms with van der Waals surface area (Å²) in [5, 5.41) is 11.2. The summed E-state index contributed by atoms with van der Waals surface area (Å²) in [5.41, 5.74) is 2.88. The van der Waals surface area contributed by atoms with Crippen molar-refractivity contribution >= 4 is 11.7 Å². The number of rotatable bonds is 4. The Morgan fingerprint density at radius 3 is 2.61 bits per heavy atom. The Balaban J connectivity index is 1.57. The van der Waals surface area contributed by atoms with Crippen LogP contribution in [0.25, 0.3) is 0 Å². The number of pyridine rings is 1. The van der Waals surface area contributed by atoms with E-state index in [2.05, 4.69) is 20.5 Å². The highest BCUT2D eigenvalue weighted by Gasteiger charge is 2.17. The van der Waals surface area contributed by atoms with Crippen LogP contribution < -0.4 is 5.32 Å². The van der Waals surface area contributed by atoms with E-state index in [1.807, 2.05) is 31.2 Å². The van der Waals surface area contributed by atoms with Gasteiger partial charge in [0.05, 0.1) is 12.1 Å². The van der Waals surface area contributed by atoms with E-state index in [0.29, 0.717) is 11.7 Å². The molecule has 1 amide bonds. The first-order valence-corrected chi connectivity index (χ1v) is 8.26. The SMILES string of the molecule is Cc1ccc(CC(=O)Nc2ccc(C3CCCCC3)nn2)nc1. The van der Waals surface area contributed by atoms with Crippen molar-refractivity contribution in [3.05, 3.63) is 47.4 Å². The van der Waals surface area contributed by atoms with Gasteiger partial charge in [-0.1, -0.05) is 25.3 Å². The number of aryl methyl sites for hydroxylation is 1. The van der Waals surface area contributed by atoms with Crippen molar-refractivity contribution in [1.82, 2.24) is 15.2 Å². The molecule has 1 N–H and O–H groups in total. The van der Waals surface area contributed by atoms with Gasteiger partial charge in [0.2, 0.25) is 5.91 Å². The van der Waals surface area contributed by atoms with E-state index in [1.165, 1.54) is 32.1 Å². The van der Waals surface area contributed by atoms with E-state index >= 15 is 0 Å². The van der Waals surface area contributed by atoms with Gasteiger partial charge in [-0.25, -0.2) is 0 Å². The minimum absolute atomic E-state index is 0.124. The normalized spacial score (nSPS) is 15.3. The molecule has 5 heteroatoms. The molecule has 0 aromatic carbocycles. The molecule has 0 bridgehead atoms. The number of hydrogen-bond donors (Lipinski definition) is 1. The van der Waals surface area contributed by atoms with E-state index < -0.39 is 0 Å². The molecule has 1 saturated carbocycles. The first-order valence-electron chi connectivity index (χ1n) is 8.26. The second-order valence-corrected chi connectivity index (χ2v) is 6.23. The van der Waals surface area contributed by atoms with Crippen LogP contribution in [0.15, 0.2) is 30.5 Å². The van der Waals surface area contributed by atoms with Gasteiger partial charge >= 0.3 is 0 Å². The summed E-state index contributed by atoms with van der Waals surface area (Å²) in [6, 6.07) is 7.65. The molecule has 0 saturated heterocycles. The van der Waals surface area contributed by atoms with Gasteiger partial charge < -0.3 is 5.32 Å². The number of aromatic nitrogens is 3. The molecule has 0 aliphatic heterocycles. The van der Waals surface area contributed by atoms with Crippen molar-refractivity contribution < 1.29 is 4.79 Å². The topological polar surface area (TPSA) is 67.8 Å². The van der Waals surface area contributed by atoms with Crippen molar-refractivity contribution in [3.8, 4) is 0 Å². The number of nitrogens with one attached hydrogen (secondary N) is 1. The third kappa shape index (κ3) is 4.34. The molecule has 1 fully saturated rings. The fourth-order valence-electron chi connectivity index (χ4n) is 2.98. The maximum absolute atomic E-state index is 12.0. The Labute approximate surface area is 136 Å². The average molecular weight is 310 g/mol. The molecular formula is C18H22N4O. The van der Waals surface area contributed by atoms with Crippen molar-refractivity contribution in [2.75, 3.05) is 5.32 Å². The summed E-state index contributed by atoms with van der Waals surface area (Å²) in [7, 11) is 0. The number of hydrogen-bond acceptors (Lipinski definition) is 4. The van der Waals surface area contributed by atoms with E-state index in [9.17, 15) is 4.79 Å². The lowest BCUT2D eigenvalue weighted by Gasteiger charge is -2.20. The summed E-state index contributed by atoms with van der Waals surface area (Å²) in [6.07, 6.45) is 8.26. The first-order chi connectivity index (χ1) is 11.2. The van der Waals surface area contributed by atoms with Gasteiger partial charge in [-0.2, -0.15) is 5.10 Å². The van der Waals surface area contributed by atoms with Crippen LogP contribution >= 0.6 is 0 Å². The molecule has 0 radical (unpaired) electrons. The summed E-state index contributed by atoms with van der Waals surface area (Å²) in [6.45, 7) is 1.97. The largest absolute Gasteiger partial charge is 0.309 e. The molecule has 3 rings (SSSR count). The maximum Gasteiger partial charge on any atom is 0.231 e. The molecule has 5 nitrogen and oxygen atoms in total. The van der Waals surface area contributed by atoms with E-state index in [1.54, 1.807) is 6.20 Å². The van der Waals surface area contributed by atoms with Gasteiger partial charge in [0.15, 0.2) is 5.82 Å². The number of nitrogens with zero attached hydrogens (tertiary/aromatic N) is 3. The molecule has 23 heavy (non-hydrogen) atoms. The Morgan fingerprint density at radius 2 is 1.96 bits per heavy atom. The highest BCUT2D eigenvalue weighted by Crippen LogP contribution is 2.31. The lowest BCUT2D eigenvalue weighted by molar-refractivity contribution is -0.115. The van der Waals surface area contributed by atoms with Crippen LogP contribution in [0.2, 0.25) is 0 Å². The van der Waals surface area contributed by atoms with E-state index in [0.717, 1.165) is 17.0 Å². The third-order valence-electron chi connectivity index (χ3n) is 4.29. The van der Waals surface area contributed by atoms with Gasteiger partial charge in [-0.3, -0.25) is 9.78 Å². The van der Waals surface area contributed by atoms with Gasteiger partial charge in [-0.15, -0.1) is 5.10 Å². The quantitative estimate of drug-likeness (QED) is 0.939. The second-order valence-electron chi connectivity index (χ2n) is 6.23. The van der Waals surface area contributed by atoms with Crippen molar-refractivity contribution in [2.45, 2.75) is 51.4 Å². The van der Waals surface area contributed by atoms with Crippen molar-refractivity contribution in [2.24, 2.45) is 0 Å². The molecule has 0 atom stereocenters. The first kappa shape index (κ1) is 15.6. The minimum Gasteiger partial charge on any atom is -0.309 e. The number of carbonyl (C=O) groups excluding carboxylic acids is 1. The minimum atomic E-state index is -0.124. The van der Waals surface area contributed by atoms with Crippen LogP contribution in [0.3, 0.4) is 0 Å². The fourth-order valence-corrected chi connectivity index (χ4v) is 2.98. The Bertz CT molecular complexity index is 646. The fraction of sp³-hybridized carbons (Fsp3) is 0.444. The monoisotopic (exact) mass is 310 g/mol. The Morgan fingerprint density at radius 1 is 1.13 bits per heavy atom. The van der Waals surface area contributed by atoms with Crippen LogP contribution in [0.1, 0.15) is 55.0 Å². The molecule has 0 unspecified atom stereocenters. The number of anilines is 1. The lowest BCUT2D eigenvalue weighted by atomic mass is 9.87. The van der Waals surface area contributed by atoms with Crippen LogP contribution in [-0.2, 0) is 11.2 Å². The van der Waals surface area contributed by atoms with Crippen LogP contribution in [0, 0.1) is 6.92 Å². The van der Waals surface area contributed by atoms with Gasteiger partial charge in [-0.05, 0) is 43.5 Å². The Hall–Kier alpha value is -2.30. The predicted octanol–water partition coefficient (Wildman–Crippen LogP) is 3.41. The summed E-state index contributed by atoms with van der Waals surface area (Å²) in [5.74, 6) is 0.903. The molecule has 120 valence electrons. The van der Waals surface area contributed by atoms with Crippen LogP contribution in [0.5, 0.6) is 0 Å². The van der Waals surface area contributed by atoms with E-state index in [-0.39, 0.29) is 12.3 Å². The predicted molar refractivity (Wildman–Crippen MR) is 89.2 cm³/mol. The molecule has 1 aliphatic carbocycles. The molecule has 2 heterocycles. The van der Waals surface area contributed by atoms with Crippen molar-refractivity contribution in [1.29, 1.82) is 0 Å². The zero-order valence-electron chi connectivity index (χ0n) is 13.5.